The van der Waals surface area contributed by atoms with Crippen LogP contribution in [0.2, 0.25) is 0 Å². The summed E-state index contributed by atoms with van der Waals surface area (Å²) < 4.78 is 0. The van der Waals surface area contributed by atoms with Gasteiger partial charge in [0.15, 0.2) is 0 Å². The summed E-state index contributed by atoms with van der Waals surface area (Å²) in [6.45, 7) is 12.1. The second-order valence-corrected chi connectivity index (χ2v) is 9.46. The average Bonchev–Trinajstić information content (AvgIpc) is 2.58. The summed E-state index contributed by atoms with van der Waals surface area (Å²) in [5, 5.41) is 14.4. The number of rotatable bonds is 2. The molecule has 2 unspecified atom stereocenters. The van der Waals surface area contributed by atoms with Gasteiger partial charge in [-0.15, -0.1) is 0 Å². The zero-order valence-electron chi connectivity index (χ0n) is 16.6. The van der Waals surface area contributed by atoms with Crippen LogP contribution in [-0.4, -0.2) is 72.4 Å². The molecule has 2 N–H and O–H groups in total. The number of hydrogen-bond acceptors (Lipinski definition) is 6. The van der Waals surface area contributed by atoms with Crippen molar-refractivity contribution in [2.75, 3.05) is 51.2 Å². The smallest absolute Gasteiger partial charge is 0.132 e. The molecule has 3 saturated heterocycles. The zero-order chi connectivity index (χ0) is 18.5. The molecule has 0 aromatic carbocycles. The van der Waals surface area contributed by atoms with E-state index in [1.165, 1.54) is 5.69 Å². The van der Waals surface area contributed by atoms with Crippen molar-refractivity contribution in [2.45, 2.75) is 45.6 Å². The fourth-order valence-corrected chi connectivity index (χ4v) is 5.73. The van der Waals surface area contributed by atoms with Crippen LogP contribution >= 0.6 is 0 Å². The molecule has 0 spiro atoms. The van der Waals surface area contributed by atoms with Gasteiger partial charge in [0.25, 0.3) is 0 Å². The fraction of sp³-hybridized carbons (Fsp3) is 0.800. The number of nitrogens with zero attached hydrogens (tertiary/aromatic N) is 4. The van der Waals surface area contributed by atoms with Gasteiger partial charge in [-0.1, -0.05) is 13.8 Å². The third-order valence-electron chi connectivity index (χ3n) is 6.61. The minimum Gasteiger partial charge on any atom is -0.392 e. The molecule has 3 aliphatic heterocycles. The van der Waals surface area contributed by atoms with Crippen LogP contribution < -0.4 is 10.2 Å². The van der Waals surface area contributed by atoms with Gasteiger partial charge in [-0.05, 0) is 39.9 Å². The van der Waals surface area contributed by atoms with Crippen LogP contribution in [-0.2, 0) is 0 Å². The molecule has 2 atom stereocenters. The standard InChI is InChI=1S/C20H33N5O/c1-14-22-16(15-5-7-21-8-6-15)9-17(23-14)25-12-19(2)10-24(4)11-20(3,13-25)18(19)26/h9,15,18,21,26H,5-8,10-13H2,1-4H3. The van der Waals surface area contributed by atoms with Crippen LogP contribution in [0, 0.1) is 17.8 Å². The molecule has 0 amide bonds. The molecule has 6 nitrogen and oxygen atoms in total. The van der Waals surface area contributed by atoms with E-state index in [0.29, 0.717) is 5.92 Å². The van der Waals surface area contributed by atoms with Crippen molar-refractivity contribution in [1.82, 2.24) is 20.2 Å². The lowest BCUT2D eigenvalue weighted by Gasteiger charge is -2.59. The minimum atomic E-state index is -0.269. The van der Waals surface area contributed by atoms with Crippen LogP contribution in [0.25, 0.3) is 0 Å². The number of nitrogens with one attached hydrogen (secondary N) is 1. The Morgan fingerprint density at radius 2 is 1.69 bits per heavy atom. The van der Waals surface area contributed by atoms with Crippen molar-refractivity contribution in [3.63, 3.8) is 0 Å². The summed E-state index contributed by atoms with van der Waals surface area (Å²) in [6.07, 6.45) is 2.03. The van der Waals surface area contributed by atoms with Gasteiger partial charge >= 0.3 is 0 Å². The maximum absolute atomic E-state index is 11.0. The number of aliphatic hydroxyl groups excluding tert-OH is 1. The first-order valence-corrected chi connectivity index (χ1v) is 9.97. The molecular weight excluding hydrogens is 326 g/mol. The summed E-state index contributed by atoms with van der Waals surface area (Å²) in [5.41, 5.74) is 0.930. The summed E-state index contributed by atoms with van der Waals surface area (Å²) in [4.78, 5) is 14.3. The number of aromatic nitrogens is 2. The number of likely N-dealkylation sites (tertiary alicyclic amines) is 1. The van der Waals surface area contributed by atoms with Crippen molar-refractivity contribution in [3.8, 4) is 0 Å². The van der Waals surface area contributed by atoms with E-state index < -0.39 is 0 Å². The van der Waals surface area contributed by atoms with Gasteiger partial charge < -0.3 is 20.2 Å². The van der Waals surface area contributed by atoms with E-state index in [-0.39, 0.29) is 16.9 Å². The molecule has 0 aliphatic carbocycles. The third-order valence-corrected chi connectivity index (χ3v) is 6.61. The normalized spacial score (nSPS) is 36.3. The van der Waals surface area contributed by atoms with E-state index in [4.69, 9.17) is 9.97 Å². The number of fused-ring (bicyclic) bond motifs is 2. The topological polar surface area (TPSA) is 64.5 Å². The van der Waals surface area contributed by atoms with Crippen molar-refractivity contribution in [1.29, 1.82) is 0 Å². The summed E-state index contributed by atoms with van der Waals surface area (Å²) in [5.74, 6) is 2.43. The molecule has 1 aromatic heterocycles. The maximum atomic E-state index is 11.0. The van der Waals surface area contributed by atoms with E-state index in [2.05, 4.69) is 42.1 Å². The van der Waals surface area contributed by atoms with E-state index in [1.807, 2.05) is 6.92 Å². The Morgan fingerprint density at radius 1 is 1.08 bits per heavy atom. The predicted octanol–water partition coefficient (Wildman–Crippen LogP) is 1.39. The van der Waals surface area contributed by atoms with E-state index in [1.54, 1.807) is 0 Å². The molecule has 26 heavy (non-hydrogen) atoms. The van der Waals surface area contributed by atoms with Crippen molar-refractivity contribution in [3.05, 3.63) is 17.6 Å². The molecule has 2 bridgehead atoms. The first-order chi connectivity index (χ1) is 12.3. The number of piperidine rings is 3. The Balaban J connectivity index is 1.64. The predicted molar refractivity (Wildman–Crippen MR) is 104 cm³/mol. The second kappa shape index (κ2) is 6.43. The number of hydrogen-bond donors (Lipinski definition) is 2. The monoisotopic (exact) mass is 359 g/mol. The van der Waals surface area contributed by atoms with Gasteiger partial charge in [0.05, 0.1) is 6.10 Å². The van der Waals surface area contributed by atoms with Gasteiger partial charge in [-0.3, -0.25) is 0 Å². The summed E-state index contributed by atoms with van der Waals surface area (Å²) >= 11 is 0. The maximum Gasteiger partial charge on any atom is 0.132 e. The Morgan fingerprint density at radius 3 is 2.31 bits per heavy atom. The lowest BCUT2D eigenvalue weighted by Crippen LogP contribution is -2.69. The Bertz CT molecular complexity index is 654. The molecule has 144 valence electrons. The molecular formula is C20H33N5O. The van der Waals surface area contributed by atoms with E-state index in [0.717, 1.165) is 63.8 Å². The fourth-order valence-electron chi connectivity index (χ4n) is 5.73. The van der Waals surface area contributed by atoms with Gasteiger partial charge in [0, 0.05) is 54.7 Å². The molecule has 6 heteroatoms. The van der Waals surface area contributed by atoms with Crippen molar-refractivity contribution >= 4 is 5.82 Å². The van der Waals surface area contributed by atoms with Crippen LogP contribution in [0.15, 0.2) is 6.07 Å². The Kier molecular flexibility index (Phi) is 4.48. The largest absolute Gasteiger partial charge is 0.392 e. The molecule has 0 radical (unpaired) electrons. The molecule has 1 aromatic rings. The zero-order valence-corrected chi connectivity index (χ0v) is 16.6. The highest BCUT2D eigenvalue weighted by Gasteiger charge is 2.55. The lowest BCUT2D eigenvalue weighted by molar-refractivity contribution is -0.127. The van der Waals surface area contributed by atoms with Gasteiger partial charge in [-0.25, -0.2) is 9.97 Å². The number of anilines is 1. The summed E-state index contributed by atoms with van der Waals surface area (Å²) in [6, 6.07) is 2.22. The second-order valence-electron chi connectivity index (χ2n) is 9.46. The molecule has 4 heterocycles. The Labute approximate surface area is 157 Å². The van der Waals surface area contributed by atoms with E-state index in [9.17, 15) is 5.11 Å². The Hall–Kier alpha value is -1.24. The van der Waals surface area contributed by atoms with Crippen LogP contribution in [0.5, 0.6) is 0 Å². The van der Waals surface area contributed by atoms with Crippen molar-refractivity contribution in [2.24, 2.45) is 10.8 Å². The van der Waals surface area contributed by atoms with E-state index >= 15 is 0 Å². The molecule has 0 saturated carbocycles. The van der Waals surface area contributed by atoms with Gasteiger partial charge in [0.1, 0.15) is 11.6 Å². The lowest BCUT2D eigenvalue weighted by atomic mass is 9.63. The highest BCUT2D eigenvalue weighted by Crippen LogP contribution is 2.46. The molecule has 3 fully saturated rings. The van der Waals surface area contributed by atoms with Crippen molar-refractivity contribution < 1.29 is 5.11 Å². The third kappa shape index (κ3) is 3.12. The minimum absolute atomic E-state index is 0.131. The average molecular weight is 360 g/mol. The summed E-state index contributed by atoms with van der Waals surface area (Å²) in [7, 11) is 2.17. The van der Waals surface area contributed by atoms with Crippen LogP contribution in [0.1, 0.15) is 44.1 Å². The first-order valence-electron chi connectivity index (χ1n) is 9.97. The SMILES string of the molecule is Cc1nc(C2CCNCC2)cc(N2CC3(C)CN(C)CC(C)(C2)C3O)n1. The van der Waals surface area contributed by atoms with Crippen LogP contribution in [0.4, 0.5) is 5.82 Å². The highest BCUT2D eigenvalue weighted by molar-refractivity contribution is 5.43. The first kappa shape index (κ1) is 18.1. The van der Waals surface area contributed by atoms with Gasteiger partial charge in [-0.2, -0.15) is 0 Å². The van der Waals surface area contributed by atoms with Gasteiger partial charge in [0.2, 0.25) is 0 Å². The number of aryl methyl sites for hydroxylation is 1. The highest BCUT2D eigenvalue weighted by atomic mass is 16.3. The molecule has 3 aliphatic rings. The molecule has 4 rings (SSSR count). The quantitative estimate of drug-likeness (QED) is 0.832. The number of aliphatic hydroxyl groups is 1. The van der Waals surface area contributed by atoms with Crippen LogP contribution in [0.3, 0.4) is 0 Å².